The largest absolute Gasteiger partial charge is 0.379 e. The lowest BCUT2D eigenvalue weighted by atomic mass is 10.1. The Labute approximate surface area is 135 Å². The molecule has 6 heteroatoms. The predicted molar refractivity (Wildman–Crippen MR) is 89.6 cm³/mol. The average molecular weight is 318 g/mol. The lowest BCUT2D eigenvalue weighted by Gasteiger charge is -2.26. The summed E-state index contributed by atoms with van der Waals surface area (Å²) in [6, 6.07) is 8.54. The number of aryl methyl sites for hydroxylation is 1. The Balaban J connectivity index is 1.45. The molecular weight excluding hydrogens is 296 g/mol. The minimum absolute atomic E-state index is 0.794. The fraction of sp³-hybridized carbons (Fsp3) is 0.500. The summed E-state index contributed by atoms with van der Waals surface area (Å²) in [4.78, 5) is 6.97. The maximum Gasteiger partial charge on any atom is 0.202 e. The van der Waals surface area contributed by atoms with Crippen LogP contribution in [0.1, 0.15) is 17.0 Å². The Morgan fingerprint density at radius 1 is 1.23 bits per heavy atom. The highest BCUT2D eigenvalue weighted by molar-refractivity contribution is 7.09. The fourth-order valence-electron chi connectivity index (χ4n) is 2.43. The van der Waals surface area contributed by atoms with Gasteiger partial charge in [0.15, 0.2) is 0 Å². The quantitative estimate of drug-likeness (QED) is 0.885. The molecule has 22 heavy (non-hydrogen) atoms. The molecule has 1 aliphatic heterocycles. The van der Waals surface area contributed by atoms with Crippen LogP contribution in [0.2, 0.25) is 0 Å². The van der Waals surface area contributed by atoms with Crippen LogP contribution in [0, 0.1) is 6.92 Å². The van der Waals surface area contributed by atoms with Gasteiger partial charge in [0.1, 0.15) is 5.82 Å². The van der Waals surface area contributed by atoms with Crippen LogP contribution in [-0.2, 0) is 11.2 Å². The van der Waals surface area contributed by atoms with E-state index >= 15 is 0 Å². The monoisotopic (exact) mass is 318 g/mol. The normalized spacial score (nSPS) is 15.9. The molecule has 1 N–H and O–H groups in total. The van der Waals surface area contributed by atoms with E-state index < -0.39 is 0 Å². The molecule has 2 aromatic rings. The zero-order chi connectivity index (χ0) is 15.2. The van der Waals surface area contributed by atoms with E-state index in [4.69, 9.17) is 4.74 Å². The van der Waals surface area contributed by atoms with Crippen LogP contribution in [0.3, 0.4) is 0 Å². The van der Waals surface area contributed by atoms with Crippen molar-refractivity contribution in [2.75, 3.05) is 44.7 Å². The van der Waals surface area contributed by atoms with Gasteiger partial charge in [-0.25, -0.2) is 4.98 Å². The van der Waals surface area contributed by atoms with Gasteiger partial charge in [0.2, 0.25) is 5.13 Å². The van der Waals surface area contributed by atoms with E-state index in [1.54, 1.807) is 0 Å². The third kappa shape index (κ3) is 4.50. The summed E-state index contributed by atoms with van der Waals surface area (Å²) in [6.45, 7) is 7.77. The van der Waals surface area contributed by atoms with E-state index in [-0.39, 0.29) is 0 Å². The lowest BCUT2D eigenvalue weighted by molar-refractivity contribution is 0.0398. The standard InChI is InChI=1S/C16H22N4OS/c1-13-2-4-14(5-3-13)12-15-18-16(22-19-15)17-6-7-20-8-10-21-11-9-20/h2-5H,6-12H2,1H3,(H,17,18,19). The number of anilines is 1. The highest BCUT2D eigenvalue weighted by atomic mass is 32.1. The summed E-state index contributed by atoms with van der Waals surface area (Å²) < 4.78 is 9.78. The van der Waals surface area contributed by atoms with Gasteiger partial charge >= 0.3 is 0 Å². The molecule has 2 heterocycles. The van der Waals surface area contributed by atoms with Crippen molar-refractivity contribution >= 4 is 16.7 Å². The summed E-state index contributed by atoms with van der Waals surface area (Å²) in [6.07, 6.45) is 0.794. The van der Waals surface area contributed by atoms with Gasteiger partial charge in [0, 0.05) is 44.1 Å². The molecule has 0 aliphatic carbocycles. The van der Waals surface area contributed by atoms with Crippen LogP contribution in [0.5, 0.6) is 0 Å². The Morgan fingerprint density at radius 2 is 2.00 bits per heavy atom. The molecular formula is C16H22N4OS. The summed E-state index contributed by atoms with van der Waals surface area (Å²) in [5, 5.41) is 4.28. The minimum atomic E-state index is 0.794. The number of morpholine rings is 1. The molecule has 3 rings (SSSR count). The van der Waals surface area contributed by atoms with Crippen molar-refractivity contribution < 1.29 is 4.74 Å². The van der Waals surface area contributed by atoms with Gasteiger partial charge in [0.05, 0.1) is 13.2 Å². The van der Waals surface area contributed by atoms with E-state index in [0.717, 1.165) is 56.8 Å². The van der Waals surface area contributed by atoms with Crippen LogP contribution < -0.4 is 5.32 Å². The molecule has 1 aliphatic rings. The molecule has 0 unspecified atom stereocenters. The third-order valence-corrected chi connectivity index (χ3v) is 4.47. The van der Waals surface area contributed by atoms with E-state index in [1.807, 2.05) is 0 Å². The van der Waals surface area contributed by atoms with Crippen LogP contribution in [0.25, 0.3) is 0 Å². The fourth-order valence-corrected chi connectivity index (χ4v) is 3.04. The Morgan fingerprint density at radius 3 is 2.77 bits per heavy atom. The molecule has 0 radical (unpaired) electrons. The van der Waals surface area contributed by atoms with E-state index in [2.05, 4.69) is 50.8 Å². The molecule has 0 spiro atoms. The van der Waals surface area contributed by atoms with Crippen LogP contribution >= 0.6 is 11.5 Å². The third-order valence-electron chi connectivity index (χ3n) is 3.76. The molecule has 5 nitrogen and oxygen atoms in total. The van der Waals surface area contributed by atoms with Gasteiger partial charge in [-0.05, 0) is 12.5 Å². The van der Waals surface area contributed by atoms with Gasteiger partial charge in [-0.1, -0.05) is 29.8 Å². The van der Waals surface area contributed by atoms with Gasteiger partial charge in [-0.3, -0.25) is 4.90 Å². The van der Waals surface area contributed by atoms with Crippen molar-refractivity contribution in [3.63, 3.8) is 0 Å². The Bertz CT molecular complexity index is 578. The molecule has 1 aromatic carbocycles. The summed E-state index contributed by atoms with van der Waals surface area (Å²) in [5.41, 5.74) is 2.53. The van der Waals surface area contributed by atoms with Gasteiger partial charge < -0.3 is 10.1 Å². The number of hydrogen-bond acceptors (Lipinski definition) is 6. The van der Waals surface area contributed by atoms with Crippen LogP contribution in [0.4, 0.5) is 5.13 Å². The van der Waals surface area contributed by atoms with Crippen molar-refractivity contribution in [2.24, 2.45) is 0 Å². The number of nitrogens with one attached hydrogen (secondary N) is 1. The summed E-state index contributed by atoms with van der Waals surface area (Å²) in [7, 11) is 0. The zero-order valence-electron chi connectivity index (χ0n) is 12.9. The van der Waals surface area contributed by atoms with E-state index in [0.29, 0.717) is 0 Å². The Kier molecular flexibility index (Phi) is 5.37. The Hall–Kier alpha value is -1.50. The maximum atomic E-state index is 5.35. The van der Waals surface area contributed by atoms with Crippen molar-refractivity contribution in [3.05, 3.63) is 41.2 Å². The number of ether oxygens (including phenoxy) is 1. The number of hydrogen-bond donors (Lipinski definition) is 1. The first kappa shape index (κ1) is 15.4. The van der Waals surface area contributed by atoms with Crippen molar-refractivity contribution in [3.8, 4) is 0 Å². The van der Waals surface area contributed by atoms with Gasteiger partial charge in [0.25, 0.3) is 0 Å². The molecule has 0 amide bonds. The number of aromatic nitrogens is 2. The second-order valence-electron chi connectivity index (χ2n) is 5.56. The first-order valence-corrected chi connectivity index (χ1v) is 8.49. The van der Waals surface area contributed by atoms with Crippen molar-refractivity contribution in [1.82, 2.24) is 14.3 Å². The topological polar surface area (TPSA) is 50.3 Å². The molecule has 0 atom stereocenters. The first-order valence-electron chi connectivity index (χ1n) is 7.72. The van der Waals surface area contributed by atoms with Crippen LogP contribution in [0.15, 0.2) is 24.3 Å². The molecule has 0 bridgehead atoms. The van der Waals surface area contributed by atoms with Gasteiger partial charge in [-0.2, -0.15) is 4.37 Å². The van der Waals surface area contributed by atoms with Crippen molar-refractivity contribution in [2.45, 2.75) is 13.3 Å². The first-order chi connectivity index (χ1) is 10.8. The highest BCUT2D eigenvalue weighted by Crippen LogP contribution is 2.14. The van der Waals surface area contributed by atoms with Crippen LogP contribution in [-0.4, -0.2) is 53.7 Å². The number of benzene rings is 1. The second-order valence-corrected chi connectivity index (χ2v) is 6.31. The minimum Gasteiger partial charge on any atom is -0.379 e. The zero-order valence-corrected chi connectivity index (χ0v) is 13.7. The smallest absolute Gasteiger partial charge is 0.202 e. The summed E-state index contributed by atoms with van der Waals surface area (Å²) >= 11 is 1.44. The second kappa shape index (κ2) is 7.67. The molecule has 0 saturated carbocycles. The molecule has 1 aromatic heterocycles. The number of rotatable bonds is 6. The SMILES string of the molecule is Cc1ccc(Cc2nsc(NCCN3CCOCC3)n2)cc1. The maximum absolute atomic E-state index is 5.35. The lowest BCUT2D eigenvalue weighted by Crippen LogP contribution is -2.38. The van der Waals surface area contributed by atoms with Gasteiger partial charge in [-0.15, -0.1) is 0 Å². The predicted octanol–water partition coefficient (Wildman–Crippen LogP) is 2.18. The molecule has 1 saturated heterocycles. The van der Waals surface area contributed by atoms with E-state index in [1.165, 1.54) is 22.7 Å². The highest BCUT2D eigenvalue weighted by Gasteiger charge is 2.10. The van der Waals surface area contributed by atoms with Crippen molar-refractivity contribution in [1.29, 1.82) is 0 Å². The summed E-state index contributed by atoms with van der Waals surface area (Å²) in [5.74, 6) is 0.891. The molecule has 118 valence electrons. The van der Waals surface area contributed by atoms with E-state index in [9.17, 15) is 0 Å². The average Bonchev–Trinajstić information content (AvgIpc) is 2.98. The number of nitrogens with zero attached hydrogens (tertiary/aromatic N) is 3. The molecule has 1 fully saturated rings.